The number of carboxylic acids is 1. The third-order valence-electron chi connectivity index (χ3n) is 1.49. The molecule has 0 radical (unpaired) electrons. The maximum absolute atomic E-state index is 12.7. The van der Waals surface area contributed by atoms with Gasteiger partial charge in [-0.25, -0.2) is 9.78 Å². The summed E-state index contributed by atoms with van der Waals surface area (Å²) >= 11 is 5.45. The standard InChI is InChI=1S/C8H6ClF2NO2/c9-6-3-1-2-5(12-6)4-8(10,11)7(13)14/h1-3H,4H2,(H,13,14). The lowest BCUT2D eigenvalue weighted by Crippen LogP contribution is -2.31. The number of alkyl halides is 2. The van der Waals surface area contributed by atoms with E-state index in [1.165, 1.54) is 18.2 Å². The molecule has 0 bridgehead atoms. The maximum Gasteiger partial charge on any atom is 0.374 e. The zero-order valence-corrected chi connectivity index (χ0v) is 7.63. The molecule has 3 nitrogen and oxygen atoms in total. The number of pyridine rings is 1. The van der Waals surface area contributed by atoms with E-state index in [0.29, 0.717) is 0 Å². The molecule has 14 heavy (non-hydrogen) atoms. The molecule has 1 rings (SSSR count). The van der Waals surface area contributed by atoms with Crippen molar-refractivity contribution in [3.05, 3.63) is 29.0 Å². The molecule has 76 valence electrons. The van der Waals surface area contributed by atoms with Crippen LogP contribution in [0.1, 0.15) is 5.69 Å². The molecule has 1 aromatic heterocycles. The molecule has 0 saturated carbocycles. The van der Waals surface area contributed by atoms with Gasteiger partial charge in [0.1, 0.15) is 5.15 Å². The largest absolute Gasteiger partial charge is 0.477 e. The van der Waals surface area contributed by atoms with Crippen molar-refractivity contribution in [2.45, 2.75) is 12.3 Å². The fourth-order valence-electron chi connectivity index (χ4n) is 0.852. The van der Waals surface area contributed by atoms with Crippen molar-refractivity contribution in [1.29, 1.82) is 0 Å². The molecule has 0 fully saturated rings. The van der Waals surface area contributed by atoms with E-state index in [0.717, 1.165) is 0 Å². The van der Waals surface area contributed by atoms with Crippen molar-refractivity contribution in [1.82, 2.24) is 4.98 Å². The quantitative estimate of drug-likeness (QED) is 0.795. The Labute approximate surface area is 83.3 Å². The molecule has 0 aromatic carbocycles. The summed E-state index contributed by atoms with van der Waals surface area (Å²) in [6.07, 6.45) is -0.955. The van der Waals surface area contributed by atoms with E-state index in [4.69, 9.17) is 16.7 Å². The lowest BCUT2D eigenvalue weighted by atomic mass is 10.2. The van der Waals surface area contributed by atoms with E-state index < -0.39 is 18.3 Å². The molecule has 0 spiro atoms. The van der Waals surface area contributed by atoms with Crippen molar-refractivity contribution in [2.24, 2.45) is 0 Å². The predicted octanol–water partition coefficient (Wildman–Crippen LogP) is 2.00. The minimum atomic E-state index is -3.81. The third-order valence-corrected chi connectivity index (χ3v) is 1.70. The van der Waals surface area contributed by atoms with Crippen molar-refractivity contribution >= 4 is 17.6 Å². The second kappa shape index (κ2) is 3.88. The number of aromatic nitrogens is 1. The molecular weight excluding hydrogens is 216 g/mol. The molecule has 0 aliphatic heterocycles. The molecule has 0 aliphatic carbocycles. The van der Waals surface area contributed by atoms with E-state index in [2.05, 4.69) is 4.98 Å². The minimum Gasteiger partial charge on any atom is -0.477 e. The lowest BCUT2D eigenvalue weighted by molar-refractivity contribution is -0.164. The molecule has 1 aromatic rings. The third kappa shape index (κ3) is 2.63. The van der Waals surface area contributed by atoms with E-state index >= 15 is 0 Å². The van der Waals surface area contributed by atoms with Gasteiger partial charge in [-0.05, 0) is 12.1 Å². The van der Waals surface area contributed by atoms with Gasteiger partial charge < -0.3 is 5.11 Å². The number of aliphatic carboxylic acids is 1. The van der Waals surface area contributed by atoms with Crippen LogP contribution in [0, 0.1) is 0 Å². The van der Waals surface area contributed by atoms with Crippen molar-refractivity contribution < 1.29 is 18.7 Å². The Kier molecular flexibility index (Phi) is 3.00. The fourth-order valence-corrected chi connectivity index (χ4v) is 1.03. The van der Waals surface area contributed by atoms with Crippen LogP contribution in [0.2, 0.25) is 5.15 Å². The summed E-state index contributed by atoms with van der Waals surface area (Å²) < 4.78 is 25.4. The highest BCUT2D eigenvalue weighted by atomic mass is 35.5. The number of carbonyl (C=O) groups is 1. The van der Waals surface area contributed by atoms with Gasteiger partial charge in [-0.2, -0.15) is 8.78 Å². The van der Waals surface area contributed by atoms with Crippen LogP contribution in [-0.4, -0.2) is 22.0 Å². The van der Waals surface area contributed by atoms with Crippen molar-refractivity contribution in [3.8, 4) is 0 Å². The highest BCUT2D eigenvalue weighted by molar-refractivity contribution is 6.29. The monoisotopic (exact) mass is 221 g/mol. The molecule has 0 amide bonds. The number of hydrogen-bond donors (Lipinski definition) is 1. The van der Waals surface area contributed by atoms with Gasteiger partial charge in [0.15, 0.2) is 0 Å². The Balaban J connectivity index is 2.83. The summed E-state index contributed by atoms with van der Waals surface area (Å²) in [6, 6.07) is 4.15. The van der Waals surface area contributed by atoms with Gasteiger partial charge in [0.2, 0.25) is 0 Å². The zero-order valence-electron chi connectivity index (χ0n) is 6.88. The molecule has 0 unspecified atom stereocenters. The Morgan fingerprint density at radius 1 is 1.57 bits per heavy atom. The summed E-state index contributed by atoms with van der Waals surface area (Å²) in [4.78, 5) is 13.7. The average molecular weight is 222 g/mol. The van der Waals surface area contributed by atoms with Crippen molar-refractivity contribution in [2.75, 3.05) is 0 Å². The molecule has 6 heteroatoms. The van der Waals surface area contributed by atoms with Gasteiger partial charge in [0.05, 0.1) is 6.42 Å². The first-order chi connectivity index (χ1) is 6.42. The van der Waals surface area contributed by atoms with Gasteiger partial charge in [0.25, 0.3) is 0 Å². The second-order valence-corrected chi connectivity index (χ2v) is 3.03. The van der Waals surface area contributed by atoms with Crippen LogP contribution in [0.4, 0.5) is 8.78 Å². The normalized spacial score (nSPS) is 11.4. The molecule has 1 heterocycles. The summed E-state index contributed by atoms with van der Waals surface area (Å²) in [5.74, 6) is -5.98. The van der Waals surface area contributed by atoms with Gasteiger partial charge in [-0.1, -0.05) is 17.7 Å². The Morgan fingerprint density at radius 3 is 2.71 bits per heavy atom. The Hall–Kier alpha value is -1.23. The van der Waals surface area contributed by atoms with E-state index in [1.54, 1.807) is 0 Å². The zero-order chi connectivity index (χ0) is 10.8. The first kappa shape index (κ1) is 10.8. The van der Waals surface area contributed by atoms with Crippen molar-refractivity contribution in [3.63, 3.8) is 0 Å². The van der Waals surface area contributed by atoms with Gasteiger partial charge in [0, 0.05) is 5.69 Å². The van der Waals surface area contributed by atoms with Crippen LogP contribution in [-0.2, 0) is 11.2 Å². The van der Waals surface area contributed by atoms with E-state index in [-0.39, 0.29) is 10.8 Å². The topological polar surface area (TPSA) is 50.2 Å². The molecule has 0 atom stereocenters. The number of nitrogens with zero attached hydrogens (tertiary/aromatic N) is 1. The summed E-state index contributed by atoms with van der Waals surface area (Å²) in [5, 5.41) is 8.22. The SMILES string of the molecule is O=C(O)C(F)(F)Cc1cccc(Cl)n1. The summed E-state index contributed by atoms with van der Waals surface area (Å²) in [6.45, 7) is 0. The van der Waals surface area contributed by atoms with Gasteiger partial charge >= 0.3 is 11.9 Å². The van der Waals surface area contributed by atoms with Gasteiger partial charge in [-0.3, -0.25) is 0 Å². The number of carboxylic acid groups (broad SMARTS) is 1. The predicted molar refractivity (Wildman–Crippen MR) is 45.5 cm³/mol. The highest BCUT2D eigenvalue weighted by Crippen LogP contribution is 2.19. The van der Waals surface area contributed by atoms with Crippen LogP contribution < -0.4 is 0 Å². The highest BCUT2D eigenvalue weighted by Gasteiger charge is 2.39. The molecule has 0 aliphatic rings. The van der Waals surface area contributed by atoms with E-state index in [1.807, 2.05) is 0 Å². The summed E-state index contributed by atoms with van der Waals surface area (Å²) in [7, 11) is 0. The first-order valence-electron chi connectivity index (χ1n) is 3.64. The maximum atomic E-state index is 12.7. The second-order valence-electron chi connectivity index (χ2n) is 2.64. The Morgan fingerprint density at radius 2 is 2.21 bits per heavy atom. The van der Waals surface area contributed by atoms with Crippen LogP contribution in [0.5, 0.6) is 0 Å². The summed E-state index contributed by atoms with van der Waals surface area (Å²) in [5.41, 5.74) is -0.0510. The number of halogens is 3. The van der Waals surface area contributed by atoms with Gasteiger partial charge in [-0.15, -0.1) is 0 Å². The lowest BCUT2D eigenvalue weighted by Gasteiger charge is -2.09. The molecule has 1 N–H and O–H groups in total. The molecule has 0 saturated heterocycles. The molecular formula is C8H6ClF2NO2. The smallest absolute Gasteiger partial charge is 0.374 e. The van der Waals surface area contributed by atoms with Crippen LogP contribution in [0.25, 0.3) is 0 Å². The van der Waals surface area contributed by atoms with Crippen LogP contribution in [0.3, 0.4) is 0 Å². The first-order valence-corrected chi connectivity index (χ1v) is 4.02. The number of rotatable bonds is 3. The fraction of sp³-hybridized carbons (Fsp3) is 0.250. The van der Waals surface area contributed by atoms with E-state index in [9.17, 15) is 13.6 Å². The Bertz CT molecular complexity index is 357. The van der Waals surface area contributed by atoms with Crippen LogP contribution in [0.15, 0.2) is 18.2 Å². The average Bonchev–Trinajstić information content (AvgIpc) is 2.02. The van der Waals surface area contributed by atoms with Crippen LogP contribution >= 0.6 is 11.6 Å². The minimum absolute atomic E-state index is 0.0510. The number of hydrogen-bond acceptors (Lipinski definition) is 2.